The van der Waals surface area contributed by atoms with Crippen molar-refractivity contribution in [2.45, 2.75) is 20.0 Å². The first kappa shape index (κ1) is 13.7. The fourth-order valence-electron chi connectivity index (χ4n) is 2.36. The van der Waals surface area contributed by atoms with Gasteiger partial charge in [-0.15, -0.1) is 0 Å². The van der Waals surface area contributed by atoms with E-state index in [1.54, 1.807) is 0 Å². The average molecular weight is 287 g/mol. The number of imidazole rings is 1. The summed E-state index contributed by atoms with van der Waals surface area (Å²) in [5.41, 5.74) is 3.31. The molecule has 3 nitrogen and oxygen atoms in total. The molecule has 2 aromatic heterocycles. The lowest BCUT2D eigenvalue weighted by Crippen LogP contribution is -2.15. The highest BCUT2D eigenvalue weighted by Crippen LogP contribution is 2.13. The summed E-state index contributed by atoms with van der Waals surface area (Å²) in [6.45, 7) is 2.85. The first-order valence-electron chi connectivity index (χ1n) is 6.72. The van der Waals surface area contributed by atoms with Gasteiger partial charge in [0.1, 0.15) is 17.3 Å². The molecule has 0 saturated heterocycles. The molecule has 0 bridgehead atoms. The fraction of sp³-hybridized carbons (Fsp3) is 0.188. The van der Waals surface area contributed by atoms with E-state index in [-0.39, 0.29) is 0 Å². The molecule has 0 aliphatic rings. The summed E-state index contributed by atoms with van der Waals surface area (Å²) in [5, 5.41) is 3.17. The molecular weight excluding hydrogens is 272 g/mol. The molecule has 0 radical (unpaired) electrons. The van der Waals surface area contributed by atoms with Gasteiger partial charge >= 0.3 is 0 Å². The molecule has 0 fully saturated rings. The molecule has 1 aromatic carbocycles. The van der Waals surface area contributed by atoms with Gasteiger partial charge in [0.25, 0.3) is 0 Å². The van der Waals surface area contributed by atoms with Crippen LogP contribution >= 0.6 is 0 Å². The van der Waals surface area contributed by atoms with E-state index in [4.69, 9.17) is 0 Å². The van der Waals surface area contributed by atoms with Gasteiger partial charge in [-0.2, -0.15) is 0 Å². The molecule has 0 saturated carbocycles. The summed E-state index contributed by atoms with van der Waals surface area (Å²) < 4.78 is 28.4. The van der Waals surface area contributed by atoms with E-state index in [2.05, 4.69) is 10.3 Å². The van der Waals surface area contributed by atoms with Crippen LogP contribution in [0.2, 0.25) is 0 Å². The van der Waals surface area contributed by atoms with Crippen LogP contribution in [0.5, 0.6) is 0 Å². The minimum absolute atomic E-state index is 0.339. The number of fused-ring (bicyclic) bond motifs is 1. The highest BCUT2D eigenvalue weighted by molar-refractivity contribution is 5.42. The maximum absolute atomic E-state index is 13.6. The van der Waals surface area contributed by atoms with Crippen LogP contribution in [0.1, 0.15) is 17.0 Å². The molecule has 2 heterocycles. The SMILES string of the molecule is Cc1nc2ccccn2c1CNCc1ccc(F)cc1F. The molecule has 0 unspecified atom stereocenters. The van der Waals surface area contributed by atoms with Gasteiger partial charge in [0.2, 0.25) is 0 Å². The van der Waals surface area contributed by atoms with Crippen molar-refractivity contribution in [3.63, 3.8) is 0 Å². The average Bonchev–Trinajstić information content (AvgIpc) is 2.77. The molecule has 1 N–H and O–H groups in total. The van der Waals surface area contributed by atoms with Crippen molar-refractivity contribution in [3.05, 3.63) is 71.2 Å². The Hall–Kier alpha value is -2.27. The minimum atomic E-state index is -0.561. The second kappa shape index (κ2) is 5.61. The van der Waals surface area contributed by atoms with Crippen LogP contribution < -0.4 is 5.32 Å². The summed E-state index contributed by atoms with van der Waals surface area (Å²) in [7, 11) is 0. The third-order valence-electron chi connectivity index (χ3n) is 3.45. The van der Waals surface area contributed by atoms with Crippen LogP contribution in [0.25, 0.3) is 5.65 Å². The zero-order chi connectivity index (χ0) is 14.8. The van der Waals surface area contributed by atoms with Crippen molar-refractivity contribution in [1.82, 2.24) is 14.7 Å². The van der Waals surface area contributed by atoms with Gasteiger partial charge in [-0.1, -0.05) is 12.1 Å². The lowest BCUT2D eigenvalue weighted by atomic mass is 10.2. The maximum atomic E-state index is 13.6. The summed E-state index contributed by atoms with van der Waals surface area (Å²) in [6, 6.07) is 9.44. The van der Waals surface area contributed by atoms with Crippen LogP contribution in [-0.2, 0) is 13.1 Å². The summed E-state index contributed by atoms with van der Waals surface area (Å²) in [4.78, 5) is 4.47. The molecule has 0 amide bonds. The third kappa shape index (κ3) is 2.78. The number of hydrogen-bond acceptors (Lipinski definition) is 2. The van der Waals surface area contributed by atoms with E-state index in [9.17, 15) is 8.78 Å². The van der Waals surface area contributed by atoms with E-state index in [1.165, 1.54) is 12.1 Å². The van der Waals surface area contributed by atoms with Crippen LogP contribution in [0, 0.1) is 18.6 Å². The fourth-order valence-corrected chi connectivity index (χ4v) is 2.36. The van der Waals surface area contributed by atoms with Crippen molar-refractivity contribution < 1.29 is 8.78 Å². The summed E-state index contributed by atoms with van der Waals surface area (Å²) >= 11 is 0. The zero-order valence-electron chi connectivity index (χ0n) is 11.6. The Bertz CT molecular complexity index is 780. The number of halogens is 2. The van der Waals surface area contributed by atoms with E-state index in [0.717, 1.165) is 23.1 Å². The summed E-state index contributed by atoms with van der Waals surface area (Å²) in [5.74, 6) is -1.09. The number of hydrogen-bond donors (Lipinski definition) is 1. The first-order valence-corrected chi connectivity index (χ1v) is 6.72. The zero-order valence-corrected chi connectivity index (χ0v) is 11.6. The minimum Gasteiger partial charge on any atom is -0.307 e. The largest absolute Gasteiger partial charge is 0.307 e. The Morgan fingerprint density at radius 3 is 2.81 bits per heavy atom. The van der Waals surface area contributed by atoms with E-state index in [1.807, 2.05) is 35.7 Å². The number of benzene rings is 1. The molecule has 0 aliphatic heterocycles. The normalized spacial score (nSPS) is 11.2. The number of pyridine rings is 1. The Kier molecular flexibility index (Phi) is 3.66. The molecule has 5 heteroatoms. The Morgan fingerprint density at radius 2 is 2.00 bits per heavy atom. The van der Waals surface area contributed by atoms with Gasteiger partial charge in [-0.05, 0) is 25.1 Å². The maximum Gasteiger partial charge on any atom is 0.137 e. The highest BCUT2D eigenvalue weighted by Gasteiger charge is 2.08. The van der Waals surface area contributed by atoms with Crippen LogP contribution in [0.15, 0.2) is 42.6 Å². The molecule has 3 rings (SSSR count). The second-order valence-corrected chi connectivity index (χ2v) is 4.91. The predicted octanol–water partition coefficient (Wildman–Crippen LogP) is 3.21. The predicted molar refractivity (Wildman–Crippen MR) is 76.8 cm³/mol. The van der Waals surface area contributed by atoms with Crippen molar-refractivity contribution in [2.24, 2.45) is 0 Å². The van der Waals surface area contributed by atoms with Crippen molar-refractivity contribution >= 4 is 5.65 Å². The quantitative estimate of drug-likeness (QED) is 0.798. The highest BCUT2D eigenvalue weighted by atomic mass is 19.1. The molecular formula is C16H15F2N3. The standard InChI is InChI=1S/C16H15F2N3/c1-11-15(21-7-3-2-4-16(21)20-11)10-19-9-12-5-6-13(17)8-14(12)18/h2-8,19H,9-10H2,1H3. The molecule has 0 spiro atoms. The van der Waals surface area contributed by atoms with Gasteiger partial charge in [0, 0.05) is 30.9 Å². The van der Waals surface area contributed by atoms with Crippen LogP contribution in [0.3, 0.4) is 0 Å². The number of nitrogens with zero attached hydrogens (tertiary/aromatic N) is 2. The third-order valence-corrected chi connectivity index (χ3v) is 3.45. The van der Waals surface area contributed by atoms with E-state index < -0.39 is 11.6 Å². The van der Waals surface area contributed by atoms with E-state index >= 15 is 0 Å². The van der Waals surface area contributed by atoms with Crippen molar-refractivity contribution in [2.75, 3.05) is 0 Å². The molecule has 21 heavy (non-hydrogen) atoms. The Labute approximate surface area is 121 Å². The summed E-state index contributed by atoms with van der Waals surface area (Å²) in [6.07, 6.45) is 1.95. The van der Waals surface area contributed by atoms with Crippen LogP contribution in [-0.4, -0.2) is 9.38 Å². The van der Waals surface area contributed by atoms with Crippen molar-refractivity contribution in [1.29, 1.82) is 0 Å². The van der Waals surface area contributed by atoms with Gasteiger partial charge in [0.05, 0.1) is 11.4 Å². The lowest BCUT2D eigenvalue weighted by Gasteiger charge is -2.07. The van der Waals surface area contributed by atoms with Gasteiger partial charge in [-0.3, -0.25) is 0 Å². The Balaban J connectivity index is 1.73. The molecule has 108 valence electrons. The number of rotatable bonds is 4. The van der Waals surface area contributed by atoms with Crippen LogP contribution in [0.4, 0.5) is 8.78 Å². The number of aromatic nitrogens is 2. The van der Waals surface area contributed by atoms with Gasteiger partial charge < -0.3 is 9.72 Å². The number of nitrogens with one attached hydrogen (secondary N) is 1. The topological polar surface area (TPSA) is 29.3 Å². The molecule has 3 aromatic rings. The second-order valence-electron chi connectivity index (χ2n) is 4.91. The van der Waals surface area contributed by atoms with Gasteiger partial charge in [-0.25, -0.2) is 13.8 Å². The first-order chi connectivity index (χ1) is 10.1. The Morgan fingerprint density at radius 1 is 1.14 bits per heavy atom. The number of aryl methyl sites for hydroxylation is 1. The molecule has 0 aliphatic carbocycles. The van der Waals surface area contributed by atoms with Gasteiger partial charge in [0.15, 0.2) is 0 Å². The monoisotopic (exact) mass is 287 g/mol. The van der Waals surface area contributed by atoms with E-state index in [0.29, 0.717) is 18.7 Å². The smallest absolute Gasteiger partial charge is 0.137 e. The van der Waals surface area contributed by atoms with Crippen molar-refractivity contribution in [3.8, 4) is 0 Å². The lowest BCUT2D eigenvalue weighted by molar-refractivity contribution is 0.558. The molecule has 0 atom stereocenters.